The van der Waals surface area contributed by atoms with Gasteiger partial charge in [0.2, 0.25) is 0 Å². The summed E-state index contributed by atoms with van der Waals surface area (Å²) in [7, 11) is 0. The molecule has 1 N–H and O–H groups in total. The topological polar surface area (TPSA) is 12.0 Å². The van der Waals surface area contributed by atoms with Crippen LogP contribution >= 0.6 is 0 Å². The van der Waals surface area contributed by atoms with Crippen LogP contribution in [0.25, 0.3) is 0 Å². The minimum atomic E-state index is 0.457. The second kappa shape index (κ2) is 3.75. The maximum atomic E-state index is 3.98. The van der Waals surface area contributed by atoms with Crippen LogP contribution in [0, 0.1) is 21.7 Å². The third-order valence-corrected chi connectivity index (χ3v) is 5.98. The maximum Gasteiger partial charge on any atom is 0.0183 e. The van der Waals surface area contributed by atoms with Crippen LogP contribution in [0.2, 0.25) is 0 Å². The highest BCUT2D eigenvalue weighted by Gasteiger charge is 2.65. The summed E-state index contributed by atoms with van der Waals surface area (Å²) in [6.07, 6.45) is 4.02. The second-order valence-corrected chi connectivity index (χ2v) is 9.65. The monoisotopic (exact) mass is 251 g/mol. The molecule has 2 saturated carbocycles. The van der Waals surface area contributed by atoms with Crippen LogP contribution in [0.15, 0.2) is 0 Å². The van der Waals surface area contributed by atoms with Gasteiger partial charge in [0.05, 0.1) is 0 Å². The van der Waals surface area contributed by atoms with Gasteiger partial charge in [0.1, 0.15) is 0 Å². The molecule has 0 unspecified atom stereocenters. The Morgan fingerprint density at radius 2 is 1.11 bits per heavy atom. The summed E-state index contributed by atoms with van der Waals surface area (Å²) < 4.78 is 0. The molecule has 0 aromatic rings. The van der Waals surface area contributed by atoms with Crippen molar-refractivity contribution in [2.45, 2.75) is 86.7 Å². The standard InChI is InChI=1S/C17H33N/c1-14(2)9-12(10-15(3,4)11-14)18-13-16(5,6)17(13,7)8/h12-13,18H,9-11H2,1-8H3. The molecule has 0 radical (unpaired) electrons. The predicted octanol–water partition coefficient (Wildman–Crippen LogP) is 4.62. The van der Waals surface area contributed by atoms with E-state index < -0.39 is 0 Å². The number of rotatable bonds is 2. The molecule has 0 bridgehead atoms. The Hall–Kier alpha value is -0.0400. The second-order valence-electron chi connectivity index (χ2n) is 9.65. The van der Waals surface area contributed by atoms with E-state index in [0.717, 1.165) is 0 Å². The van der Waals surface area contributed by atoms with E-state index in [1.807, 2.05) is 0 Å². The lowest BCUT2D eigenvalue weighted by Crippen LogP contribution is -2.45. The third-order valence-electron chi connectivity index (χ3n) is 5.98. The molecular formula is C17H33N. The van der Waals surface area contributed by atoms with Crippen molar-refractivity contribution in [3.8, 4) is 0 Å². The van der Waals surface area contributed by atoms with Gasteiger partial charge in [-0.1, -0.05) is 55.4 Å². The van der Waals surface area contributed by atoms with Gasteiger partial charge in [0, 0.05) is 12.1 Å². The van der Waals surface area contributed by atoms with Crippen molar-refractivity contribution in [2.75, 3.05) is 0 Å². The summed E-state index contributed by atoms with van der Waals surface area (Å²) in [5, 5.41) is 3.98. The first kappa shape index (κ1) is 14.4. The molecule has 0 amide bonds. The molecule has 0 aromatic heterocycles. The van der Waals surface area contributed by atoms with E-state index in [2.05, 4.69) is 60.7 Å². The molecule has 1 nitrogen and oxygen atoms in total. The van der Waals surface area contributed by atoms with Gasteiger partial charge in [-0.05, 0) is 40.9 Å². The Morgan fingerprint density at radius 3 is 1.44 bits per heavy atom. The highest BCUT2D eigenvalue weighted by atomic mass is 15.1. The summed E-state index contributed by atoms with van der Waals surface area (Å²) >= 11 is 0. The molecule has 2 aliphatic rings. The van der Waals surface area contributed by atoms with E-state index in [0.29, 0.717) is 33.7 Å². The maximum absolute atomic E-state index is 3.98. The van der Waals surface area contributed by atoms with Gasteiger partial charge in [-0.2, -0.15) is 0 Å². The predicted molar refractivity (Wildman–Crippen MR) is 79.7 cm³/mol. The zero-order valence-electron chi connectivity index (χ0n) is 13.8. The van der Waals surface area contributed by atoms with Gasteiger partial charge < -0.3 is 5.32 Å². The van der Waals surface area contributed by atoms with E-state index in [9.17, 15) is 0 Å². The summed E-state index contributed by atoms with van der Waals surface area (Å²) in [6, 6.07) is 1.40. The van der Waals surface area contributed by atoms with Crippen LogP contribution in [-0.4, -0.2) is 12.1 Å². The quantitative estimate of drug-likeness (QED) is 0.755. The van der Waals surface area contributed by atoms with Crippen molar-refractivity contribution >= 4 is 0 Å². The highest BCUT2D eigenvalue weighted by Crippen LogP contribution is 2.63. The largest absolute Gasteiger partial charge is 0.310 e. The van der Waals surface area contributed by atoms with Crippen molar-refractivity contribution in [1.29, 1.82) is 0 Å². The van der Waals surface area contributed by atoms with E-state index in [1.165, 1.54) is 19.3 Å². The fourth-order valence-electron chi connectivity index (χ4n) is 4.81. The lowest BCUT2D eigenvalue weighted by atomic mass is 9.63. The average molecular weight is 251 g/mol. The van der Waals surface area contributed by atoms with Gasteiger partial charge in [0.25, 0.3) is 0 Å². The molecule has 0 aromatic carbocycles. The first-order valence-electron chi connectivity index (χ1n) is 7.64. The Morgan fingerprint density at radius 1 is 0.722 bits per heavy atom. The van der Waals surface area contributed by atoms with Gasteiger partial charge in [-0.3, -0.25) is 0 Å². The molecule has 2 aliphatic carbocycles. The lowest BCUT2D eigenvalue weighted by molar-refractivity contribution is 0.0823. The summed E-state index contributed by atoms with van der Waals surface area (Å²) in [5.74, 6) is 0. The van der Waals surface area contributed by atoms with Crippen LogP contribution in [0.1, 0.15) is 74.7 Å². The van der Waals surface area contributed by atoms with Crippen LogP contribution in [-0.2, 0) is 0 Å². The Labute approximate surface area is 114 Å². The molecule has 0 saturated heterocycles. The van der Waals surface area contributed by atoms with Crippen LogP contribution in [0.4, 0.5) is 0 Å². The zero-order chi connectivity index (χ0) is 14.0. The fraction of sp³-hybridized carbons (Fsp3) is 1.00. The molecule has 18 heavy (non-hydrogen) atoms. The first-order chi connectivity index (χ1) is 7.87. The smallest absolute Gasteiger partial charge is 0.0183 e. The van der Waals surface area contributed by atoms with Crippen molar-refractivity contribution in [3.63, 3.8) is 0 Å². The third kappa shape index (κ3) is 2.35. The van der Waals surface area contributed by atoms with Gasteiger partial charge >= 0.3 is 0 Å². The minimum Gasteiger partial charge on any atom is -0.310 e. The molecule has 0 heterocycles. The van der Waals surface area contributed by atoms with Gasteiger partial charge in [-0.25, -0.2) is 0 Å². The molecule has 2 fully saturated rings. The van der Waals surface area contributed by atoms with Crippen LogP contribution < -0.4 is 5.32 Å². The van der Waals surface area contributed by atoms with Crippen LogP contribution in [0.5, 0.6) is 0 Å². The van der Waals surface area contributed by atoms with E-state index >= 15 is 0 Å². The number of nitrogens with one attached hydrogen (secondary N) is 1. The Balaban J connectivity index is 2.03. The van der Waals surface area contributed by atoms with Gasteiger partial charge in [0.15, 0.2) is 0 Å². The molecule has 2 rings (SSSR count). The molecule has 0 atom stereocenters. The van der Waals surface area contributed by atoms with Crippen molar-refractivity contribution < 1.29 is 0 Å². The molecule has 0 spiro atoms. The van der Waals surface area contributed by atoms with Crippen molar-refractivity contribution in [1.82, 2.24) is 5.32 Å². The normalized spacial score (nSPS) is 33.3. The molecule has 1 heteroatoms. The lowest BCUT2D eigenvalue weighted by Gasteiger charge is -2.45. The van der Waals surface area contributed by atoms with E-state index in [1.54, 1.807) is 0 Å². The fourth-order valence-corrected chi connectivity index (χ4v) is 4.81. The summed E-state index contributed by atoms with van der Waals surface area (Å²) in [4.78, 5) is 0. The van der Waals surface area contributed by atoms with E-state index in [-0.39, 0.29) is 0 Å². The zero-order valence-corrected chi connectivity index (χ0v) is 13.8. The highest BCUT2D eigenvalue weighted by molar-refractivity contribution is 5.18. The van der Waals surface area contributed by atoms with Crippen molar-refractivity contribution in [3.05, 3.63) is 0 Å². The molecule has 106 valence electrons. The summed E-state index contributed by atoms with van der Waals surface area (Å²) in [5.41, 5.74) is 1.89. The average Bonchev–Trinajstić information content (AvgIpc) is 2.42. The molecular weight excluding hydrogens is 218 g/mol. The van der Waals surface area contributed by atoms with Gasteiger partial charge in [-0.15, -0.1) is 0 Å². The molecule has 0 aliphatic heterocycles. The Bertz CT molecular complexity index is 306. The Kier molecular flexibility index (Phi) is 2.99. The van der Waals surface area contributed by atoms with Crippen molar-refractivity contribution in [2.24, 2.45) is 21.7 Å². The number of hydrogen-bond acceptors (Lipinski definition) is 1. The number of hydrogen-bond donors (Lipinski definition) is 1. The minimum absolute atomic E-state index is 0.457. The SMILES string of the molecule is CC1(C)CC(NC2C(C)(C)C2(C)C)CC(C)(C)C1. The summed E-state index contributed by atoms with van der Waals surface area (Å²) in [6.45, 7) is 19.4. The first-order valence-corrected chi connectivity index (χ1v) is 7.64. The van der Waals surface area contributed by atoms with E-state index in [4.69, 9.17) is 0 Å². The van der Waals surface area contributed by atoms with Crippen LogP contribution in [0.3, 0.4) is 0 Å².